The maximum absolute atomic E-state index is 11.8. The third-order valence-corrected chi connectivity index (χ3v) is 4.34. The van der Waals surface area contributed by atoms with Crippen molar-refractivity contribution in [2.45, 2.75) is 39.3 Å². The van der Waals surface area contributed by atoms with Gasteiger partial charge < -0.3 is 18.3 Å². The Bertz CT molecular complexity index is 587. The summed E-state index contributed by atoms with van der Waals surface area (Å²) >= 11 is 0. The molecule has 0 N–H and O–H groups in total. The molecule has 7 heteroatoms. The molecule has 0 aliphatic rings. The van der Waals surface area contributed by atoms with Gasteiger partial charge in [0.2, 0.25) is 16.6 Å². The van der Waals surface area contributed by atoms with Crippen molar-refractivity contribution in [1.82, 2.24) is 0 Å². The molecule has 1 aromatic rings. The minimum absolute atomic E-state index is 0.338. The topological polar surface area (TPSA) is 54.0 Å². The Morgan fingerprint density at radius 1 is 0.917 bits per heavy atom. The van der Waals surface area contributed by atoms with E-state index in [0.717, 1.165) is 5.56 Å². The first kappa shape index (κ1) is 20.3. The average molecular weight is 369 g/mol. The molecule has 24 heavy (non-hydrogen) atoms. The van der Waals surface area contributed by atoms with Crippen molar-refractivity contribution in [3.05, 3.63) is 23.8 Å². The van der Waals surface area contributed by atoms with E-state index >= 15 is 0 Å². The fraction of sp³-hybridized carbons (Fsp3) is 0.471. The summed E-state index contributed by atoms with van der Waals surface area (Å²) in [6.45, 7) is 12.2. The number of carbonyl (C=O) groups excluding carboxylic acids is 1. The molecule has 0 amide bonds. The van der Waals surface area contributed by atoms with E-state index in [4.69, 9.17) is 18.3 Å². The van der Waals surface area contributed by atoms with E-state index in [1.165, 1.54) is 6.08 Å². The summed E-state index contributed by atoms with van der Waals surface area (Å²) in [4.78, 5) is 11.8. The summed E-state index contributed by atoms with van der Waals surface area (Å²) in [5.74, 6) is 1.42. The van der Waals surface area contributed by atoms with Crippen LogP contribution in [0.15, 0.2) is 18.2 Å². The van der Waals surface area contributed by atoms with Gasteiger partial charge >= 0.3 is 5.97 Å². The molecule has 5 nitrogen and oxygen atoms in total. The third-order valence-electron chi connectivity index (χ3n) is 2.71. The number of carbonyl (C=O) groups is 1. The molecule has 1 rings (SSSR count). The molecule has 0 spiro atoms. The Morgan fingerprint density at radius 3 is 1.79 bits per heavy atom. The first-order chi connectivity index (χ1) is 10.9. The van der Waals surface area contributed by atoms with Crippen molar-refractivity contribution in [2.75, 3.05) is 14.2 Å². The van der Waals surface area contributed by atoms with Crippen LogP contribution in [0, 0.1) is 0 Å². The molecule has 0 bridgehead atoms. The van der Waals surface area contributed by atoms with Crippen LogP contribution in [0.1, 0.15) is 5.56 Å². The van der Waals surface area contributed by atoms with Gasteiger partial charge in [0.05, 0.1) is 14.2 Å². The molecule has 0 atom stereocenters. The summed E-state index contributed by atoms with van der Waals surface area (Å²) in [5, 5.41) is 0. The van der Waals surface area contributed by atoms with Gasteiger partial charge in [0, 0.05) is 6.08 Å². The monoisotopic (exact) mass is 368 g/mol. The molecule has 0 aliphatic heterocycles. The zero-order chi connectivity index (χ0) is 18.5. The van der Waals surface area contributed by atoms with Crippen molar-refractivity contribution in [3.63, 3.8) is 0 Å². The van der Waals surface area contributed by atoms with Gasteiger partial charge in [-0.1, -0.05) is 0 Å². The minimum atomic E-state index is -1.90. The summed E-state index contributed by atoms with van der Waals surface area (Å²) < 4.78 is 22.3. The van der Waals surface area contributed by atoms with Gasteiger partial charge in [0.1, 0.15) is 0 Å². The molecular weight excluding hydrogens is 340 g/mol. The Hall–Kier alpha value is -1.74. The second-order valence-electron chi connectivity index (χ2n) is 7.34. The van der Waals surface area contributed by atoms with Gasteiger partial charge in [-0.3, -0.25) is 0 Å². The summed E-state index contributed by atoms with van der Waals surface area (Å²) in [6.07, 6.45) is 3.11. The van der Waals surface area contributed by atoms with Crippen molar-refractivity contribution >= 4 is 28.7 Å². The summed E-state index contributed by atoms with van der Waals surface area (Å²) in [7, 11) is -0.553. The van der Waals surface area contributed by atoms with Crippen LogP contribution >= 0.6 is 0 Å². The van der Waals surface area contributed by atoms with Crippen molar-refractivity contribution in [1.29, 1.82) is 0 Å². The first-order valence-electron chi connectivity index (χ1n) is 7.81. The molecule has 0 saturated heterocycles. The highest BCUT2D eigenvalue weighted by Crippen LogP contribution is 2.40. The SMILES string of the molecule is COc1cc(/C=C\C(=O)O[Si](C)(C)C)cc(OC)c1O[Si](C)(C)C. The highest BCUT2D eigenvalue weighted by molar-refractivity contribution is 6.71. The van der Waals surface area contributed by atoms with E-state index in [2.05, 4.69) is 19.6 Å². The lowest BCUT2D eigenvalue weighted by molar-refractivity contribution is -0.129. The van der Waals surface area contributed by atoms with E-state index in [9.17, 15) is 4.79 Å². The van der Waals surface area contributed by atoms with E-state index in [-0.39, 0.29) is 5.97 Å². The standard InChI is InChI=1S/C17H28O5Si2/c1-19-14-11-13(9-10-16(18)21-23(3,4)5)12-15(20-2)17(14)22-24(6,7)8/h9-12H,1-8H3/b10-9-. The van der Waals surface area contributed by atoms with Crippen LogP contribution in [0.4, 0.5) is 0 Å². The number of hydrogen-bond acceptors (Lipinski definition) is 5. The maximum atomic E-state index is 11.8. The summed E-state index contributed by atoms with van der Waals surface area (Å²) in [5.41, 5.74) is 0.777. The lowest BCUT2D eigenvalue weighted by Crippen LogP contribution is -2.29. The molecule has 0 radical (unpaired) electrons. The number of ether oxygens (including phenoxy) is 2. The van der Waals surface area contributed by atoms with Crippen molar-refractivity contribution in [3.8, 4) is 17.2 Å². The molecule has 0 fully saturated rings. The van der Waals surface area contributed by atoms with Crippen molar-refractivity contribution < 1.29 is 23.1 Å². The van der Waals surface area contributed by atoms with Crippen LogP contribution < -0.4 is 13.9 Å². The quantitative estimate of drug-likeness (QED) is 0.530. The van der Waals surface area contributed by atoms with Crippen LogP contribution in [0.5, 0.6) is 17.2 Å². The lowest BCUT2D eigenvalue weighted by Gasteiger charge is -2.23. The molecule has 0 heterocycles. The van der Waals surface area contributed by atoms with Gasteiger partial charge in [-0.25, -0.2) is 4.79 Å². The van der Waals surface area contributed by atoms with Gasteiger partial charge in [0.25, 0.3) is 0 Å². The predicted octanol–water partition coefficient (Wildman–Crippen LogP) is 4.31. The largest absolute Gasteiger partial charge is 0.539 e. The minimum Gasteiger partial charge on any atom is -0.539 e. The molecule has 134 valence electrons. The van der Waals surface area contributed by atoms with E-state index in [0.29, 0.717) is 17.2 Å². The molecule has 0 aliphatic carbocycles. The van der Waals surface area contributed by atoms with Gasteiger partial charge in [-0.05, 0) is 63.1 Å². The van der Waals surface area contributed by atoms with Crippen LogP contribution in [-0.4, -0.2) is 36.8 Å². The Morgan fingerprint density at radius 2 is 1.42 bits per heavy atom. The molecule has 0 saturated carbocycles. The van der Waals surface area contributed by atoms with Crippen molar-refractivity contribution in [2.24, 2.45) is 0 Å². The van der Waals surface area contributed by atoms with Gasteiger partial charge in [-0.2, -0.15) is 0 Å². The van der Waals surface area contributed by atoms with Crippen LogP contribution in [0.2, 0.25) is 39.3 Å². The molecule has 0 unspecified atom stereocenters. The number of benzene rings is 1. The third kappa shape index (κ3) is 6.80. The number of methoxy groups -OCH3 is 2. The Balaban J connectivity index is 3.12. The van der Waals surface area contributed by atoms with Gasteiger partial charge in [-0.15, -0.1) is 0 Å². The van der Waals surface area contributed by atoms with E-state index in [1.807, 2.05) is 31.8 Å². The molecule has 1 aromatic carbocycles. The van der Waals surface area contributed by atoms with E-state index in [1.54, 1.807) is 20.3 Å². The fourth-order valence-corrected chi connectivity index (χ4v) is 3.39. The first-order valence-corrected chi connectivity index (χ1v) is 14.6. The van der Waals surface area contributed by atoms with Crippen LogP contribution in [-0.2, 0) is 9.22 Å². The lowest BCUT2D eigenvalue weighted by atomic mass is 10.1. The Kier molecular flexibility index (Phi) is 6.68. The number of rotatable bonds is 7. The highest BCUT2D eigenvalue weighted by Gasteiger charge is 2.23. The average Bonchev–Trinajstić information content (AvgIpc) is 2.42. The summed E-state index contributed by atoms with van der Waals surface area (Å²) in [6, 6.07) is 3.63. The highest BCUT2D eigenvalue weighted by atomic mass is 28.4. The molecular formula is C17H28O5Si2. The van der Waals surface area contributed by atoms with Crippen LogP contribution in [0.25, 0.3) is 6.08 Å². The normalized spacial score (nSPS) is 12.2. The van der Waals surface area contributed by atoms with E-state index < -0.39 is 16.6 Å². The van der Waals surface area contributed by atoms with Gasteiger partial charge in [0.15, 0.2) is 17.2 Å². The Labute approximate surface area is 146 Å². The molecule has 0 aromatic heterocycles. The fourth-order valence-electron chi connectivity index (χ4n) is 1.90. The maximum Gasteiger partial charge on any atom is 0.317 e. The second kappa shape index (κ2) is 7.89. The second-order valence-corrected chi connectivity index (χ2v) is 16.2. The smallest absolute Gasteiger partial charge is 0.317 e. The number of hydrogen-bond donors (Lipinski definition) is 0. The zero-order valence-corrected chi connectivity index (χ0v) is 17.9. The predicted molar refractivity (Wildman–Crippen MR) is 102 cm³/mol. The zero-order valence-electron chi connectivity index (χ0n) is 15.9. The van der Waals surface area contributed by atoms with Crippen LogP contribution in [0.3, 0.4) is 0 Å².